The first-order valence-electron chi connectivity index (χ1n) is 4.08. The van der Waals surface area contributed by atoms with E-state index in [9.17, 15) is 4.79 Å². The highest BCUT2D eigenvalue weighted by Crippen LogP contribution is 2.08. The number of carboxylic acids is 1. The summed E-state index contributed by atoms with van der Waals surface area (Å²) in [5, 5.41) is 8.60. The fourth-order valence-corrected chi connectivity index (χ4v) is 0.726. The van der Waals surface area contributed by atoms with Crippen LogP contribution in [0.25, 0.3) is 0 Å². The number of rotatable bonds is 5. The Hall–Kier alpha value is -0.790. The maximum atomic E-state index is 10.5. The highest BCUT2D eigenvalue weighted by Gasteiger charge is 2.10. The van der Waals surface area contributed by atoms with Gasteiger partial charge in [0.2, 0.25) is 0 Å². The van der Waals surface area contributed by atoms with E-state index in [-0.39, 0.29) is 0 Å². The van der Waals surface area contributed by atoms with E-state index in [0.717, 1.165) is 19.4 Å². The summed E-state index contributed by atoms with van der Waals surface area (Å²) in [4.78, 5) is 10.5. The zero-order valence-electron chi connectivity index (χ0n) is 7.21. The van der Waals surface area contributed by atoms with Gasteiger partial charge in [0.1, 0.15) is 0 Å². The second kappa shape index (κ2) is 5.03. The van der Waals surface area contributed by atoms with Crippen molar-refractivity contribution in [3.05, 3.63) is 12.6 Å². The predicted octanol–water partition coefficient (Wildman–Crippen LogP) is 2.06. The van der Waals surface area contributed by atoms with Crippen LogP contribution in [-0.2, 0) is 4.79 Å². The van der Waals surface area contributed by atoms with Crippen LogP contribution in [0, 0.1) is 5.92 Å². The minimum absolute atomic E-state index is 0.465. The van der Waals surface area contributed by atoms with Crippen LogP contribution in [0.4, 0.5) is 0 Å². The molecule has 58 valence electrons. The predicted molar refractivity (Wildman–Crippen MR) is 40.8 cm³/mol. The molecule has 1 unspecified atom stereocenters. The lowest BCUT2D eigenvalue weighted by Crippen LogP contribution is -2.09. The first-order valence-corrected chi connectivity index (χ1v) is 3.50. The van der Waals surface area contributed by atoms with Gasteiger partial charge in [0.15, 0.2) is 0 Å². The number of carboxylic acid groups (broad SMARTS) is 1. The van der Waals surface area contributed by atoms with Crippen LogP contribution in [0.15, 0.2) is 12.6 Å². The van der Waals surface area contributed by atoms with Crippen molar-refractivity contribution in [2.75, 3.05) is 0 Å². The summed E-state index contributed by atoms with van der Waals surface area (Å²) in [5.74, 6) is -1.30. The van der Waals surface area contributed by atoms with Gasteiger partial charge in [-0.05, 0) is 6.42 Å². The van der Waals surface area contributed by atoms with Gasteiger partial charge < -0.3 is 5.11 Å². The Bertz CT molecular complexity index is 143. The molecule has 0 fully saturated rings. The van der Waals surface area contributed by atoms with E-state index < -0.39 is 11.9 Å². The largest absolute Gasteiger partial charge is 0.481 e. The zero-order valence-corrected chi connectivity index (χ0v) is 6.21. The molecule has 1 atom stereocenters. The zero-order chi connectivity index (χ0) is 8.69. The Labute approximate surface area is 63.0 Å². The highest BCUT2D eigenvalue weighted by molar-refractivity contribution is 5.71. The molecule has 0 amide bonds. The quantitative estimate of drug-likeness (QED) is 0.598. The van der Waals surface area contributed by atoms with Crippen molar-refractivity contribution in [3.8, 4) is 0 Å². The molecule has 0 aromatic carbocycles. The van der Waals surface area contributed by atoms with Gasteiger partial charge >= 0.3 is 5.97 Å². The van der Waals surface area contributed by atoms with Crippen LogP contribution in [0.2, 0.25) is 0 Å². The highest BCUT2D eigenvalue weighted by atomic mass is 16.4. The Morgan fingerprint density at radius 1 is 2.00 bits per heavy atom. The van der Waals surface area contributed by atoms with E-state index in [4.69, 9.17) is 6.48 Å². The van der Waals surface area contributed by atoms with Crippen molar-refractivity contribution >= 4 is 5.97 Å². The van der Waals surface area contributed by atoms with Gasteiger partial charge in [-0.15, -0.1) is 6.55 Å². The standard InChI is InChI=1S/C8H14O2/c1-3-5-6-7(4-2)8(9)10/h4,7H,2-3,5-6H2,1H3,(H,9,10)/i2D/b4-2+. The Morgan fingerprint density at radius 2 is 2.70 bits per heavy atom. The second-order valence-electron chi connectivity index (χ2n) is 2.28. The summed E-state index contributed by atoms with van der Waals surface area (Å²) in [6.45, 7) is 3.07. The molecule has 0 saturated carbocycles. The molecule has 0 heterocycles. The summed E-state index contributed by atoms with van der Waals surface area (Å²) in [6, 6.07) is 0. The maximum Gasteiger partial charge on any atom is 0.310 e. The van der Waals surface area contributed by atoms with Gasteiger partial charge in [-0.2, -0.15) is 0 Å². The number of hydrogen-bond donors (Lipinski definition) is 1. The van der Waals surface area contributed by atoms with Crippen LogP contribution in [0.3, 0.4) is 0 Å². The molecule has 2 nitrogen and oxygen atoms in total. The van der Waals surface area contributed by atoms with Gasteiger partial charge in [-0.1, -0.05) is 25.8 Å². The number of unbranched alkanes of at least 4 members (excludes halogenated alkanes) is 1. The molecule has 0 spiro atoms. The molecule has 10 heavy (non-hydrogen) atoms. The lowest BCUT2D eigenvalue weighted by molar-refractivity contribution is -0.140. The van der Waals surface area contributed by atoms with Crippen LogP contribution >= 0.6 is 0 Å². The average molecular weight is 143 g/mol. The van der Waals surface area contributed by atoms with Crippen LogP contribution in [-0.4, -0.2) is 11.1 Å². The Kier molecular flexibility index (Phi) is 3.68. The van der Waals surface area contributed by atoms with Crippen molar-refractivity contribution in [2.45, 2.75) is 26.2 Å². The van der Waals surface area contributed by atoms with E-state index in [1.165, 1.54) is 6.08 Å². The van der Waals surface area contributed by atoms with Crippen molar-refractivity contribution in [2.24, 2.45) is 5.92 Å². The maximum absolute atomic E-state index is 10.5. The summed E-state index contributed by atoms with van der Waals surface area (Å²) in [5.41, 5.74) is 0. The van der Waals surface area contributed by atoms with Gasteiger partial charge in [0.05, 0.1) is 7.29 Å². The fourth-order valence-electron chi connectivity index (χ4n) is 0.726. The molecule has 0 aliphatic carbocycles. The van der Waals surface area contributed by atoms with Crippen LogP contribution < -0.4 is 0 Å². The monoisotopic (exact) mass is 143 g/mol. The third-order valence-electron chi connectivity index (χ3n) is 1.42. The van der Waals surface area contributed by atoms with E-state index in [2.05, 4.69) is 0 Å². The molecule has 2 heteroatoms. The van der Waals surface area contributed by atoms with Gasteiger partial charge in [-0.3, -0.25) is 4.79 Å². The van der Waals surface area contributed by atoms with Crippen LogP contribution in [0.5, 0.6) is 0 Å². The van der Waals surface area contributed by atoms with Crippen molar-refractivity contribution in [1.29, 1.82) is 0 Å². The summed E-state index contributed by atoms with van der Waals surface area (Å²) < 4.78 is 6.72. The van der Waals surface area contributed by atoms with E-state index >= 15 is 0 Å². The van der Waals surface area contributed by atoms with Crippen molar-refractivity contribution in [3.63, 3.8) is 0 Å². The molecule has 0 aromatic rings. The third-order valence-corrected chi connectivity index (χ3v) is 1.42. The molecule has 0 saturated heterocycles. The molecule has 0 aliphatic heterocycles. The van der Waals surface area contributed by atoms with Crippen molar-refractivity contribution in [1.82, 2.24) is 0 Å². The average Bonchev–Trinajstić information content (AvgIpc) is 1.97. The molecule has 0 rings (SSSR count). The summed E-state index contributed by atoms with van der Waals surface area (Å²) in [7, 11) is 0. The minimum Gasteiger partial charge on any atom is -0.481 e. The lowest BCUT2D eigenvalue weighted by atomic mass is 10.0. The molecule has 1 N–H and O–H groups in total. The van der Waals surface area contributed by atoms with Gasteiger partial charge in [0.25, 0.3) is 0 Å². The Morgan fingerprint density at radius 3 is 3.10 bits per heavy atom. The topological polar surface area (TPSA) is 37.3 Å². The SMILES string of the molecule is [2H]/C=C/C(CCCC)C(=O)O. The first-order chi connectivity index (χ1) is 5.22. The normalized spacial score (nSPS) is 15.1. The van der Waals surface area contributed by atoms with E-state index in [0.29, 0.717) is 6.42 Å². The smallest absolute Gasteiger partial charge is 0.310 e. The first kappa shape index (κ1) is 7.32. The lowest BCUT2D eigenvalue weighted by Gasteiger charge is -2.03. The molecular weight excluding hydrogens is 128 g/mol. The molecule has 0 aliphatic rings. The number of hydrogen-bond acceptors (Lipinski definition) is 1. The summed E-state index contributed by atoms with van der Waals surface area (Å²) in [6.07, 6.45) is 3.95. The minimum atomic E-state index is -0.832. The molecule has 0 radical (unpaired) electrons. The number of carbonyl (C=O) groups is 1. The van der Waals surface area contributed by atoms with Gasteiger partial charge in [0, 0.05) is 0 Å². The fraction of sp³-hybridized carbons (Fsp3) is 0.625. The van der Waals surface area contributed by atoms with E-state index in [1.807, 2.05) is 6.92 Å². The molecular formula is C8H14O2. The van der Waals surface area contributed by atoms with Crippen molar-refractivity contribution < 1.29 is 11.3 Å². The van der Waals surface area contributed by atoms with E-state index in [1.54, 1.807) is 0 Å². The third kappa shape index (κ3) is 3.28. The summed E-state index contributed by atoms with van der Waals surface area (Å²) >= 11 is 0. The second-order valence-corrected chi connectivity index (χ2v) is 2.28. The molecule has 0 aromatic heterocycles. The Balaban J connectivity index is 3.79. The van der Waals surface area contributed by atoms with Gasteiger partial charge in [-0.25, -0.2) is 0 Å². The molecule has 0 bridgehead atoms. The number of aliphatic carboxylic acids is 1. The van der Waals surface area contributed by atoms with Crippen LogP contribution in [0.1, 0.15) is 27.6 Å².